The Morgan fingerprint density at radius 3 is 2.68 bits per heavy atom. The van der Waals surface area contributed by atoms with Crippen LogP contribution in [-0.2, 0) is 16.3 Å². The van der Waals surface area contributed by atoms with Gasteiger partial charge in [0.15, 0.2) is 0 Å². The van der Waals surface area contributed by atoms with E-state index in [-0.39, 0.29) is 17.5 Å². The van der Waals surface area contributed by atoms with E-state index in [0.717, 1.165) is 12.1 Å². The van der Waals surface area contributed by atoms with Gasteiger partial charge < -0.3 is 10.5 Å². The van der Waals surface area contributed by atoms with Crippen molar-refractivity contribution in [2.24, 2.45) is 5.73 Å². The van der Waals surface area contributed by atoms with E-state index in [9.17, 15) is 8.42 Å². The van der Waals surface area contributed by atoms with Crippen molar-refractivity contribution in [2.45, 2.75) is 32.7 Å². The Hall–Kier alpha value is -1.14. The molecule has 0 saturated heterocycles. The summed E-state index contributed by atoms with van der Waals surface area (Å²) in [5.74, 6) is 1.00. The third-order valence-electron chi connectivity index (χ3n) is 2.64. The largest absolute Gasteiger partial charge is 0.492 e. The molecule has 1 aromatic heterocycles. The van der Waals surface area contributed by atoms with Crippen LogP contribution in [0.2, 0.25) is 0 Å². The monoisotopic (exact) mass is 286 g/mol. The lowest BCUT2D eigenvalue weighted by atomic mass is 10.2. The molecule has 5 nitrogen and oxygen atoms in total. The van der Waals surface area contributed by atoms with Gasteiger partial charge in [-0.2, -0.15) is 0 Å². The van der Waals surface area contributed by atoms with Crippen LogP contribution in [0.25, 0.3) is 0 Å². The van der Waals surface area contributed by atoms with Gasteiger partial charge in [-0.15, -0.1) is 0 Å². The van der Waals surface area contributed by atoms with Gasteiger partial charge >= 0.3 is 0 Å². The Labute approximate surface area is 115 Å². The van der Waals surface area contributed by atoms with E-state index in [1.807, 2.05) is 19.1 Å². The fourth-order valence-electron chi connectivity index (χ4n) is 1.56. The molecule has 1 aromatic rings. The number of pyridine rings is 1. The van der Waals surface area contributed by atoms with E-state index in [1.54, 1.807) is 13.1 Å². The van der Waals surface area contributed by atoms with Crippen LogP contribution in [0.15, 0.2) is 18.3 Å². The molecule has 0 aromatic carbocycles. The molecule has 0 saturated carbocycles. The molecular weight excluding hydrogens is 264 g/mol. The molecule has 0 aliphatic carbocycles. The van der Waals surface area contributed by atoms with Gasteiger partial charge in [-0.1, -0.05) is 6.92 Å². The van der Waals surface area contributed by atoms with Crippen molar-refractivity contribution in [3.8, 4) is 5.75 Å². The second kappa shape index (κ2) is 7.45. The predicted octanol–water partition coefficient (Wildman–Crippen LogP) is 1.17. The molecule has 1 rings (SSSR count). The molecule has 1 unspecified atom stereocenters. The SMILES string of the molecule is CCS(=O)(=O)CCCOc1ccc(CC(C)N)nc1. The highest BCUT2D eigenvalue weighted by Gasteiger charge is 2.06. The maximum atomic E-state index is 11.3. The molecule has 0 radical (unpaired) electrons. The Morgan fingerprint density at radius 2 is 2.16 bits per heavy atom. The van der Waals surface area contributed by atoms with Crippen molar-refractivity contribution in [2.75, 3.05) is 18.1 Å². The summed E-state index contributed by atoms with van der Waals surface area (Å²) in [6.07, 6.45) is 2.87. The molecule has 108 valence electrons. The average molecular weight is 286 g/mol. The smallest absolute Gasteiger partial charge is 0.150 e. The van der Waals surface area contributed by atoms with Crippen LogP contribution in [0.4, 0.5) is 0 Å². The maximum Gasteiger partial charge on any atom is 0.150 e. The van der Waals surface area contributed by atoms with Crippen LogP contribution in [0.5, 0.6) is 5.75 Å². The fourth-order valence-corrected chi connectivity index (χ4v) is 2.41. The summed E-state index contributed by atoms with van der Waals surface area (Å²) in [4.78, 5) is 4.24. The molecule has 0 amide bonds. The number of nitrogens with two attached hydrogens (primary N) is 1. The van der Waals surface area contributed by atoms with Crippen molar-refractivity contribution in [3.63, 3.8) is 0 Å². The summed E-state index contributed by atoms with van der Waals surface area (Å²) in [6, 6.07) is 3.79. The Balaban J connectivity index is 2.34. The quantitative estimate of drug-likeness (QED) is 0.725. The second-order valence-corrected chi connectivity index (χ2v) is 7.08. The van der Waals surface area contributed by atoms with E-state index < -0.39 is 9.84 Å². The van der Waals surface area contributed by atoms with Gasteiger partial charge in [0, 0.05) is 23.9 Å². The summed E-state index contributed by atoms with van der Waals surface area (Å²) in [7, 11) is -2.90. The van der Waals surface area contributed by atoms with Crippen LogP contribution in [0, 0.1) is 0 Å². The normalized spacial score (nSPS) is 13.2. The Kier molecular flexibility index (Phi) is 6.24. The Bertz CT molecular complexity index is 469. The summed E-state index contributed by atoms with van der Waals surface area (Å²) in [5.41, 5.74) is 6.61. The molecule has 2 N–H and O–H groups in total. The second-order valence-electron chi connectivity index (χ2n) is 4.61. The minimum atomic E-state index is -2.90. The van der Waals surface area contributed by atoms with Gasteiger partial charge in [0.05, 0.1) is 18.6 Å². The highest BCUT2D eigenvalue weighted by molar-refractivity contribution is 7.91. The number of sulfone groups is 1. The van der Waals surface area contributed by atoms with Gasteiger partial charge in [-0.05, 0) is 25.5 Å². The number of hydrogen-bond donors (Lipinski definition) is 1. The van der Waals surface area contributed by atoms with Crippen LogP contribution in [0.1, 0.15) is 26.0 Å². The topological polar surface area (TPSA) is 82.3 Å². The highest BCUT2D eigenvalue weighted by Crippen LogP contribution is 2.10. The molecule has 6 heteroatoms. The third kappa shape index (κ3) is 6.54. The van der Waals surface area contributed by atoms with Crippen LogP contribution in [0.3, 0.4) is 0 Å². The first kappa shape index (κ1) is 15.9. The zero-order valence-electron chi connectivity index (χ0n) is 11.5. The number of hydrogen-bond acceptors (Lipinski definition) is 5. The van der Waals surface area contributed by atoms with E-state index in [0.29, 0.717) is 18.8 Å². The summed E-state index contributed by atoms with van der Waals surface area (Å²) in [6.45, 7) is 3.96. The lowest BCUT2D eigenvalue weighted by Gasteiger charge is -2.08. The molecule has 0 bridgehead atoms. The standard InChI is InChI=1S/C13H22N2O3S/c1-3-19(16,17)8-4-7-18-13-6-5-12(15-10-13)9-11(2)14/h5-6,10-11H,3-4,7-9,14H2,1-2H3. The lowest BCUT2D eigenvalue weighted by Crippen LogP contribution is -2.18. The zero-order chi connectivity index (χ0) is 14.3. The average Bonchev–Trinajstić information content (AvgIpc) is 2.36. The van der Waals surface area contributed by atoms with Gasteiger partial charge in [0.1, 0.15) is 15.6 Å². The first-order valence-electron chi connectivity index (χ1n) is 6.46. The van der Waals surface area contributed by atoms with Crippen LogP contribution >= 0.6 is 0 Å². The molecular formula is C13H22N2O3S. The maximum absolute atomic E-state index is 11.3. The van der Waals surface area contributed by atoms with E-state index in [2.05, 4.69) is 4.98 Å². The fraction of sp³-hybridized carbons (Fsp3) is 0.615. The number of ether oxygens (including phenoxy) is 1. The number of rotatable bonds is 8. The molecule has 0 aliphatic rings. The van der Waals surface area contributed by atoms with E-state index in [4.69, 9.17) is 10.5 Å². The molecule has 1 atom stereocenters. The Morgan fingerprint density at radius 1 is 1.42 bits per heavy atom. The predicted molar refractivity (Wildman–Crippen MR) is 76.0 cm³/mol. The lowest BCUT2D eigenvalue weighted by molar-refractivity contribution is 0.316. The van der Waals surface area contributed by atoms with E-state index >= 15 is 0 Å². The van der Waals surface area contributed by atoms with E-state index in [1.165, 1.54) is 0 Å². The van der Waals surface area contributed by atoms with Crippen molar-refractivity contribution >= 4 is 9.84 Å². The van der Waals surface area contributed by atoms with Crippen molar-refractivity contribution in [1.82, 2.24) is 4.98 Å². The molecule has 0 aliphatic heterocycles. The minimum Gasteiger partial charge on any atom is -0.492 e. The highest BCUT2D eigenvalue weighted by atomic mass is 32.2. The van der Waals surface area contributed by atoms with Crippen LogP contribution in [-0.4, -0.2) is 37.6 Å². The number of aromatic nitrogens is 1. The summed E-state index contributed by atoms with van der Waals surface area (Å²) < 4.78 is 28.0. The first-order chi connectivity index (χ1) is 8.93. The van der Waals surface area contributed by atoms with Gasteiger partial charge in [0.25, 0.3) is 0 Å². The molecule has 0 fully saturated rings. The number of nitrogens with zero attached hydrogens (tertiary/aromatic N) is 1. The van der Waals surface area contributed by atoms with Gasteiger partial charge in [0.2, 0.25) is 0 Å². The minimum absolute atomic E-state index is 0.0820. The van der Waals surface area contributed by atoms with Crippen LogP contribution < -0.4 is 10.5 Å². The molecule has 0 spiro atoms. The molecule has 1 heterocycles. The van der Waals surface area contributed by atoms with Crippen molar-refractivity contribution in [1.29, 1.82) is 0 Å². The molecule has 19 heavy (non-hydrogen) atoms. The van der Waals surface area contributed by atoms with Crippen molar-refractivity contribution in [3.05, 3.63) is 24.0 Å². The first-order valence-corrected chi connectivity index (χ1v) is 8.29. The summed E-state index contributed by atoms with van der Waals surface area (Å²) in [5, 5.41) is 0. The van der Waals surface area contributed by atoms with Crippen molar-refractivity contribution < 1.29 is 13.2 Å². The van der Waals surface area contributed by atoms with Gasteiger partial charge in [-0.25, -0.2) is 8.42 Å². The third-order valence-corrected chi connectivity index (χ3v) is 4.43. The van der Waals surface area contributed by atoms with Gasteiger partial charge in [-0.3, -0.25) is 4.98 Å². The summed E-state index contributed by atoms with van der Waals surface area (Å²) >= 11 is 0. The zero-order valence-corrected chi connectivity index (χ0v) is 12.3.